The van der Waals surface area contributed by atoms with Crippen molar-refractivity contribution in [2.45, 2.75) is 31.7 Å². The van der Waals surface area contributed by atoms with E-state index in [1.807, 2.05) is 12.1 Å². The van der Waals surface area contributed by atoms with E-state index in [2.05, 4.69) is 45.9 Å². The molecule has 2 aromatic rings. The lowest BCUT2D eigenvalue weighted by atomic mass is 10.1. The van der Waals surface area contributed by atoms with Gasteiger partial charge in [0.05, 0.1) is 12.9 Å². The van der Waals surface area contributed by atoms with E-state index in [1.54, 1.807) is 13.4 Å². The van der Waals surface area contributed by atoms with Crippen LogP contribution in [0, 0.1) is 0 Å². The summed E-state index contributed by atoms with van der Waals surface area (Å²) in [5, 5.41) is 7.17. The van der Waals surface area contributed by atoms with E-state index in [0.29, 0.717) is 12.6 Å². The summed E-state index contributed by atoms with van der Waals surface area (Å²) in [5.74, 6) is 1.88. The number of hydrogen-bond donors (Lipinski definition) is 2. The molecular formula is C23H35IN4O2. The van der Waals surface area contributed by atoms with Crippen LogP contribution in [0.5, 0.6) is 0 Å². The van der Waals surface area contributed by atoms with Gasteiger partial charge in [-0.25, -0.2) is 0 Å². The van der Waals surface area contributed by atoms with Gasteiger partial charge >= 0.3 is 0 Å². The summed E-state index contributed by atoms with van der Waals surface area (Å²) in [6.45, 7) is 5.60. The standard InChI is InChI=1S/C23H34N4O2.HI/c1-28-19-17-27-15-11-21(12-16-27)26-23(25-14-10-22-8-5-18-29-22)24-13-9-20-6-3-2-4-7-20;/h2-8,18,21H,9-17,19H2,1H3,(H2,24,25,26);1H. The Morgan fingerprint density at radius 2 is 1.93 bits per heavy atom. The highest BCUT2D eigenvalue weighted by Crippen LogP contribution is 2.10. The minimum Gasteiger partial charge on any atom is -0.469 e. The molecule has 2 N–H and O–H groups in total. The molecule has 1 aromatic carbocycles. The van der Waals surface area contributed by atoms with E-state index in [9.17, 15) is 0 Å². The van der Waals surface area contributed by atoms with Crippen molar-refractivity contribution >= 4 is 29.9 Å². The molecule has 1 aromatic heterocycles. The normalized spacial score (nSPS) is 15.6. The fourth-order valence-corrected chi connectivity index (χ4v) is 3.57. The van der Waals surface area contributed by atoms with Gasteiger partial charge in [-0.15, -0.1) is 24.0 Å². The number of furan rings is 1. The topological polar surface area (TPSA) is 62.0 Å². The monoisotopic (exact) mass is 526 g/mol. The third-order valence-corrected chi connectivity index (χ3v) is 5.30. The highest BCUT2D eigenvalue weighted by Gasteiger charge is 2.19. The van der Waals surface area contributed by atoms with Crippen molar-refractivity contribution < 1.29 is 9.15 Å². The zero-order chi connectivity index (χ0) is 20.2. The molecule has 6 nitrogen and oxygen atoms in total. The number of hydrogen-bond acceptors (Lipinski definition) is 4. The number of benzene rings is 1. The Morgan fingerprint density at radius 3 is 2.63 bits per heavy atom. The summed E-state index contributed by atoms with van der Waals surface area (Å²) in [4.78, 5) is 7.26. The van der Waals surface area contributed by atoms with Crippen LogP contribution in [0.1, 0.15) is 24.2 Å². The van der Waals surface area contributed by atoms with Crippen LogP contribution >= 0.6 is 24.0 Å². The van der Waals surface area contributed by atoms with Gasteiger partial charge in [-0.05, 0) is 37.0 Å². The van der Waals surface area contributed by atoms with E-state index < -0.39 is 0 Å². The Morgan fingerprint density at radius 1 is 1.13 bits per heavy atom. The lowest BCUT2D eigenvalue weighted by molar-refractivity contribution is 0.128. The number of nitrogens with one attached hydrogen (secondary N) is 2. The van der Waals surface area contributed by atoms with Crippen LogP contribution in [-0.4, -0.2) is 63.3 Å². The molecule has 166 valence electrons. The smallest absolute Gasteiger partial charge is 0.191 e. The Kier molecular flexibility index (Phi) is 11.9. The molecule has 2 heterocycles. The summed E-state index contributed by atoms with van der Waals surface area (Å²) in [5.41, 5.74) is 1.33. The third kappa shape index (κ3) is 9.06. The van der Waals surface area contributed by atoms with Crippen LogP contribution in [0.15, 0.2) is 58.1 Å². The second-order valence-corrected chi connectivity index (χ2v) is 7.48. The number of guanidine groups is 1. The maximum Gasteiger partial charge on any atom is 0.191 e. The predicted octanol–water partition coefficient (Wildman–Crippen LogP) is 3.33. The van der Waals surface area contributed by atoms with Gasteiger partial charge in [0.1, 0.15) is 5.76 Å². The van der Waals surface area contributed by atoms with Crippen LogP contribution in [0.25, 0.3) is 0 Å². The van der Waals surface area contributed by atoms with Crippen molar-refractivity contribution in [3.63, 3.8) is 0 Å². The minimum absolute atomic E-state index is 0. The van der Waals surface area contributed by atoms with E-state index in [1.165, 1.54) is 5.56 Å². The quantitative estimate of drug-likeness (QED) is 0.283. The molecule has 1 aliphatic rings. The van der Waals surface area contributed by atoms with E-state index in [4.69, 9.17) is 14.1 Å². The molecule has 0 atom stereocenters. The van der Waals surface area contributed by atoms with Gasteiger partial charge < -0.3 is 24.7 Å². The molecule has 1 saturated heterocycles. The van der Waals surface area contributed by atoms with Crippen LogP contribution in [0.2, 0.25) is 0 Å². The zero-order valence-corrected chi connectivity index (χ0v) is 20.2. The number of piperidine rings is 1. The van der Waals surface area contributed by atoms with Gasteiger partial charge in [0.15, 0.2) is 5.96 Å². The molecule has 0 amide bonds. The third-order valence-electron chi connectivity index (χ3n) is 5.30. The number of likely N-dealkylation sites (tertiary alicyclic amines) is 1. The Balaban J connectivity index is 0.00000320. The molecule has 0 aliphatic carbocycles. The van der Waals surface area contributed by atoms with Crippen molar-refractivity contribution in [2.24, 2.45) is 4.99 Å². The van der Waals surface area contributed by atoms with Gasteiger partial charge in [-0.3, -0.25) is 4.99 Å². The van der Waals surface area contributed by atoms with Crippen molar-refractivity contribution in [3.05, 3.63) is 60.1 Å². The molecule has 0 bridgehead atoms. The van der Waals surface area contributed by atoms with Crippen molar-refractivity contribution in [3.8, 4) is 0 Å². The number of aliphatic imine (C=N–C) groups is 1. The molecule has 1 fully saturated rings. The lowest BCUT2D eigenvalue weighted by Gasteiger charge is -2.33. The molecule has 0 unspecified atom stereocenters. The van der Waals surface area contributed by atoms with E-state index >= 15 is 0 Å². The Hall–Kier alpha value is -1.58. The summed E-state index contributed by atoms with van der Waals surface area (Å²) in [7, 11) is 1.76. The Labute approximate surface area is 197 Å². The highest BCUT2D eigenvalue weighted by atomic mass is 127. The molecule has 30 heavy (non-hydrogen) atoms. The van der Waals surface area contributed by atoms with E-state index in [0.717, 1.165) is 70.2 Å². The largest absolute Gasteiger partial charge is 0.469 e. The number of rotatable bonds is 10. The molecule has 7 heteroatoms. The number of halogens is 1. The number of ether oxygens (including phenoxy) is 1. The first kappa shape index (κ1) is 24.7. The first-order chi connectivity index (χ1) is 14.3. The average Bonchev–Trinajstić information content (AvgIpc) is 3.27. The summed E-state index contributed by atoms with van der Waals surface area (Å²) in [6, 6.07) is 14.9. The van der Waals surface area contributed by atoms with Crippen LogP contribution in [0.4, 0.5) is 0 Å². The maximum absolute atomic E-state index is 5.42. The first-order valence-corrected chi connectivity index (χ1v) is 10.7. The summed E-state index contributed by atoms with van der Waals surface area (Å²) < 4.78 is 10.6. The fraction of sp³-hybridized carbons (Fsp3) is 0.522. The molecule has 0 saturated carbocycles. The fourth-order valence-electron chi connectivity index (χ4n) is 3.57. The van der Waals surface area contributed by atoms with Gasteiger partial charge in [-0.2, -0.15) is 0 Å². The number of nitrogens with zero attached hydrogens (tertiary/aromatic N) is 2. The predicted molar refractivity (Wildman–Crippen MR) is 133 cm³/mol. The van der Waals surface area contributed by atoms with Crippen molar-refractivity contribution in [1.29, 1.82) is 0 Å². The number of methoxy groups -OCH3 is 1. The van der Waals surface area contributed by atoms with Gasteiger partial charge in [0, 0.05) is 52.3 Å². The van der Waals surface area contributed by atoms with Gasteiger partial charge in [0.25, 0.3) is 0 Å². The highest BCUT2D eigenvalue weighted by molar-refractivity contribution is 14.0. The Bertz CT molecular complexity index is 701. The molecule has 0 spiro atoms. The second-order valence-electron chi connectivity index (χ2n) is 7.48. The van der Waals surface area contributed by atoms with Crippen LogP contribution in [0.3, 0.4) is 0 Å². The van der Waals surface area contributed by atoms with Gasteiger partial charge in [-0.1, -0.05) is 30.3 Å². The lowest BCUT2D eigenvalue weighted by Crippen LogP contribution is -2.49. The summed E-state index contributed by atoms with van der Waals surface area (Å²) in [6.07, 6.45) is 5.76. The van der Waals surface area contributed by atoms with Crippen LogP contribution < -0.4 is 10.6 Å². The average molecular weight is 526 g/mol. The first-order valence-electron chi connectivity index (χ1n) is 10.7. The zero-order valence-electron chi connectivity index (χ0n) is 17.9. The molecule has 0 radical (unpaired) electrons. The van der Waals surface area contributed by atoms with Gasteiger partial charge in [0.2, 0.25) is 0 Å². The van der Waals surface area contributed by atoms with Crippen LogP contribution in [-0.2, 0) is 17.6 Å². The maximum atomic E-state index is 5.42. The second kappa shape index (κ2) is 14.4. The van der Waals surface area contributed by atoms with E-state index in [-0.39, 0.29) is 24.0 Å². The summed E-state index contributed by atoms with van der Waals surface area (Å²) >= 11 is 0. The van der Waals surface area contributed by atoms with Crippen molar-refractivity contribution in [1.82, 2.24) is 15.5 Å². The molecule has 1 aliphatic heterocycles. The minimum atomic E-state index is 0. The molecular weight excluding hydrogens is 491 g/mol. The SMILES string of the molecule is COCCN1CCC(NC(=NCCc2ccco2)NCCc2ccccc2)CC1.I. The van der Waals surface area contributed by atoms with Crippen molar-refractivity contribution in [2.75, 3.05) is 46.4 Å². The molecule has 3 rings (SSSR count).